The van der Waals surface area contributed by atoms with Gasteiger partial charge in [0.05, 0.1) is 10.5 Å². The summed E-state index contributed by atoms with van der Waals surface area (Å²) >= 11 is 6.47. The van der Waals surface area contributed by atoms with Gasteiger partial charge >= 0.3 is 0 Å². The maximum atomic E-state index is 13.7. The lowest BCUT2D eigenvalue weighted by Gasteiger charge is -2.25. The summed E-state index contributed by atoms with van der Waals surface area (Å²) < 4.78 is 12.7. The van der Waals surface area contributed by atoms with E-state index >= 15 is 0 Å². The Bertz CT molecular complexity index is 1550. The van der Waals surface area contributed by atoms with E-state index in [1.807, 2.05) is 54.0 Å². The Kier molecular flexibility index (Phi) is 7.56. The fraction of sp³-hybridized carbons (Fsp3) is 0.233. The maximum Gasteiger partial charge on any atom is 0.249 e. The number of carbonyl (C=O) groups excluding carboxylic acids is 3. The van der Waals surface area contributed by atoms with E-state index in [4.69, 9.17) is 21.1 Å². The number of hydrogen-bond donors (Lipinski definition) is 1. The number of halogens is 1. The predicted molar refractivity (Wildman–Crippen MR) is 150 cm³/mol. The van der Waals surface area contributed by atoms with Gasteiger partial charge in [0.1, 0.15) is 18.9 Å². The van der Waals surface area contributed by atoms with Gasteiger partial charge in [0.2, 0.25) is 18.6 Å². The minimum absolute atomic E-state index is 0.0339. The first-order valence-corrected chi connectivity index (χ1v) is 13.0. The number of hydrogen-bond acceptors (Lipinski definition) is 5. The molecule has 1 unspecified atom stereocenters. The minimum Gasteiger partial charge on any atom is -0.454 e. The van der Waals surface area contributed by atoms with Crippen LogP contribution in [-0.2, 0) is 33.8 Å². The van der Waals surface area contributed by atoms with E-state index in [9.17, 15) is 14.4 Å². The number of nitrogens with zero attached hydrogens (tertiary/aromatic N) is 2. The van der Waals surface area contributed by atoms with Crippen LogP contribution in [0.15, 0.2) is 66.7 Å². The molecule has 200 valence electrons. The molecule has 5 rings (SSSR count). The largest absolute Gasteiger partial charge is 0.454 e. The van der Waals surface area contributed by atoms with Crippen LogP contribution < -0.4 is 19.7 Å². The van der Waals surface area contributed by atoms with E-state index < -0.39 is 6.04 Å². The second-order valence-electron chi connectivity index (χ2n) is 9.40. The molecule has 0 saturated heterocycles. The van der Waals surface area contributed by atoms with E-state index in [0.29, 0.717) is 28.6 Å². The molecular formula is C30H28ClN3O5. The van der Waals surface area contributed by atoms with Crippen molar-refractivity contribution >= 4 is 46.3 Å². The standard InChI is InChI=1S/C30H28ClN3O5/c1-19-22(13-14-35)29-23(31)9-6-10-25(29)34(19)17-28(36)32-24(15-20-7-4-3-5-8-20)30(37)33(2)21-11-12-26-27(16-21)39-18-38-26/h3-12,14,16,24H,13,15,17-18H2,1-2H3,(H,32,36). The van der Waals surface area contributed by atoms with Gasteiger partial charge in [0.25, 0.3) is 0 Å². The third kappa shape index (κ3) is 5.33. The number of amides is 2. The van der Waals surface area contributed by atoms with Crippen molar-refractivity contribution in [2.75, 3.05) is 18.7 Å². The fourth-order valence-corrected chi connectivity index (χ4v) is 5.27. The molecule has 0 spiro atoms. The summed E-state index contributed by atoms with van der Waals surface area (Å²) in [7, 11) is 1.67. The van der Waals surface area contributed by atoms with E-state index in [1.165, 1.54) is 4.90 Å². The molecule has 0 aliphatic carbocycles. The summed E-state index contributed by atoms with van der Waals surface area (Å²) in [5.41, 5.74) is 3.87. The highest BCUT2D eigenvalue weighted by Crippen LogP contribution is 2.35. The molecule has 3 aromatic carbocycles. The lowest BCUT2D eigenvalue weighted by atomic mass is 10.0. The summed E-state index contributed by atoms with van der Waals surface area (Å²) in [4.78, 5) is 40.0. The molecule has 1 aliphatic heterocycles. The van der Waals surface area contributed by atoms with E-state index in [1.54, 1.807) is 31.3 Å². The number of aldehydes is 1. The molecule has 1 aromatic heterocycles. The highest BCUT2D eigenvalue weighted by Gasteiger charge is 2.27. The number of benzene rings is 3. The van der Waals surface area contributed by atoms with Crippen LogP contribution in [0.5, 0.6) is 11.5 Å². The maximum absolute atomic E-state index is 13.7. The van der Waals surface area contributed by atoms with Gasteiger partial charge in [-0.2, -0.15) is 0 Å². The Hall–Kier alpha value is -4.30. The minimum atomic E-state index is -0.824. The molecule has 8 nitrogen and oxygen atoms in total. The molecular weight excluding hydrogens is 518 g/mol. The first kappa shape index (κ1) is 26.3. The van der Waals surface area contributed by atoms with Crippen LogP contribution in [-0.4, -0.2) is 42.6 Å². The average molecular weight is 546 g/mol. The van der Waals surface area contributed by atoms with Gasteiger partial charge < -0.3 is 29.1 Å². The molecule has 9 heteroatoms. The van der Waals surface area contributed by atoms with Crippen molar-refractivity contribution in [2.24, 2.45) is 0 Å². The lowest BCUT2D eigenvalue weighted by molar-refractivity contribution is -0.127. The van der Waals surface area contributed by atoms with Crippen LogP contribution in [0.4, 0.5) is 5.69 Å². The van der Waals surface area contributed by atoms with Crippen LogP contribution in [0.3, 0.4) is 0 Å². The molecule has 0 fully saturated rings. The normalized spacial score (nSPS) is 12.8. The molecule has 1 N–H and O–H groups in total. The molecule has 2 heterocycles. The van der Waals surface area contributed by atoms with Crippen LogP contribution in [0.25, 0.3) is 10.9 Å². The monoisotopic (exact) mass is 545 g/mol. The quantitative estimate of drug-likeness (QED) is 0.314. The average Bonchev–Trinajstić information content (AvgIpc) is 3.51. The van der Waals surface area contributed by atoms with Crippen LogP contribution >= 0.6 is 11.6 Å². The van der Waals surface area contributed by atoms with Gasteiger partial charge in [-0.05, 0) is 42.3 Å². The van der Waals surface area contributed by atoms with Crippen molar-refractivity contribution in [3.05, 3.63) is 88.6 Å². The second-order valence-corrected chi connectivity index (χ2v) is 9.81. The number of anilines is 1. The Balaban J connectivity index is 1.42. The van der Waals surface area contributed by atoms with Gasteiger partial charge in [-0.3, -0.25) is 9.59 Å². The van der Waals surface area contributed by atoms with Gasteiger partial charge in [-0.15, -0.1) is 0 Å². The van der Waals surface area contributed by atoms with Crippen molar-refractivity contribution in [1.82, 2.24) is 9.88 Å². The highest BCUT2D eigenvalue weighted by molar-refractivity contribution is 6.35. The van der Waals surface area contributed by atoms with Crippen molar-refractivity contribution in [3.63, 3.8) is 0 Å². The fourth-order valence-electron chi connectivity index (χ4n) is 4.99. The Labute approximate surface area is 231 Å². The number of ether oxygens (including phenoxy) is 2. The summed E-state index contributed by atoms with van der Waals surface area (Å²) in [5.74, 6) is 0.582. The van der Waals surface area contributed by atoms with Gasteiger partial charge in [-0.25, -0.2) is 0 Å². The van der Waals surface area contributed by atoms with Gasteiger partial charge in [-0.1, -0.05) is 48.0 Å². The zero-order valence-electron chi connectivity index (χ0n) is 21.6. The Morgan fingerprint density at radius 3 is 2.62 bits per heavy atom. The van der Waals surface area contributed by atoms with E-state index in [-0.39, 0.29) is 31.6 Å². The summed E-state index contributed by atoms with van der Waals surface area (Å²) in [5, 5.41) is 4.24. The van der Waals surface area contributed by atoms with Crippen molar-refractivity contribution in [2.45, 2.75) is 32.4 Å². The van der Waals surface area contributed by atoms with Gasteiger partial charge in [0, 0.05) is 42.7 Å². The number of likely N-dealkylation sites (N-methyl/N-ethyl adjacent to an activating group) is 1. The Morgan fingerprint density at radius 1 is 1.08 bits per heavy atom. The smallest absolute Gasteiger partial charge is 0.249 e. The lowest BCUT2D eigenvalue weighted by Crippen LogP contribution is -2.49. The van der Waals surface area contributed by atoms with Crippen LogP contribution in [0.2, 0.25) is 5.02 Å². The predicted octanol–water partition coefficient (Wildman–Crippen LogP) is 4.46. The second kappa shape index (κ2) is 11.2. The van der Waals surface area contributed by atoms with Crippen molar-refractivity contribution < 1.29 is 23.9 Å². The molecule has 39 heavy (non-hydrogen) atoms. The zero-order valence-corrected chi connectivity index (χ0v) is 22.4. The first-order chi connectivity index (χ1) is 18.9. The number of aromatic nitrogens is 1. The van der Waals surface area contributed by atoms with E-state index in [2.05, 4.69) is 5.32 Å². The van der Waals surface area contributed by atoms with Crippen molar-refractivity contribution in [1.29, 1.82) is 0 Å². The zero-order chi connectivity index (χ0) is 27.5. The van der Waals surface area contributed by atoms with Crippen LogP contribution in [0.1, 0.15) is 16.8 Å². The third-order valence-electron chi connectivity index (χ3n) is 7.00. The van der Waals surface area contributed by atoms with E-state index in [0.717, 1.165) is 34.0 Å². The highest BCUT2D eigenvalue weighted by atomic mass is 35.5. The molecule has 1 atom stereocenters. The molecule has 4 aromatic rings. The van der Waals surface area contributed by atoms with Gasteiger partial charge in [0.15, 0.2) is 11.5 Å². The number of nitrogens with one attached hydrogen (secondary N) is 1. The topological polar surface area (TPSA) is 89.9 Å². The number of carbonyl (C=O) groups is 3. The third-order valence-corrected chi connectivity index (χ3v) is 7.32. The summed E-state index contributed by atoms with van der Waals surface area (Å²) in [6, 6.07) is 19.4. The molecule has 0 radical (unpaired) electrons. The Morgan fingerprint density at radius 2 is 1.85 bits per heavy atom. The molecule has 2 amide bonds. The molecule has 0 bridgehead atoms. The van der Waals surface area contributed by atoms with Crippen LogP contribution in [0, 0.1) is 6.92 Å². The number of rotatable bonds is 9. The SMILES string of the molecule is Cc1c(CC=O)c2c(Cl)cccc2n1CC(=O)NC(Cc1ccccc1)C(=O)N(C)c1ccc2c(c1)OCO2. The molecule has 1 aliphatic rings. The van der Waals surface area contributed by atoms with Crippen molar-refractivity contribution in [3.8, 4) is 11.5 Å². The summed E-state index contributed by atoms with van der Waals surface area (Å²) in [6.45, 7) is 1.96. The molecule has 0 saturated carbocycles. The number of fused-ring (bicyclic) bond motifs is 2. The summed E-state index contributed by atoms with van der Waals surface area (Å²) in [6.07, 6.45) is 1.33. The first-order valence-electron chi connectivity index (χ1n) is 12.6.